The van der Waals surface area contributed by atoms with Crippen LogP contribution in [0.1, 0.15) is 85.9 Å². The van der Waals surface area contributed by atoms with Crippen molar-refractivity contribution in [2.45, 2.75) is 108 Å². The maximum absolute atomic E-state index is 13.3. The van der Waals surface area contributed by atoms with Gasteiger partial charge in [0.25, 0.3) is 11.8 Å². The zero-order valence-corrected chi connectivity index (χ0v) is 37.0. The summed E-state index contributed by atoms with van der Waals surface area (Å²) in [5.41, 5.74) is 5.54. The Morgan fingerprint density at radius 1 is 0.812 bits per heavy atom. The molecule has 2 aromatic carbocycles. The van der Waals surface area contributed by atoms with E-state index in [0.717, 1.165) is 54.8 Å². The van der Waals surface area contributed by atoms with Crippen LogP contribution in [-0.2, 0) is 16.6 Å². The van der Waals surface area contributed by atoms with E-state index in [1.54, 1.807) is 18.2 Å². The van der Waals surface area contributed by atoms with Crippen molar-refractivity contribution >= 4 is 45.4 Å². The molecule has 5 aromatic rings. The molecule has 11 rings (SSSR count). The minimum absolute atomic E-state index is 0.0294. The fraction of sp³-hybridized carbons (Fsp3) is 0.480. The normalized spacial score (nSPS) is 25.5. The molecule has 3 saturated carbocycles. The number of nitrogens with zero attached hydrogens (tertiary/aromatic N) is 7. The van der Waals surface area contributed by atoms with Gasteiger partial charge in [-0.2, -0.15) is 0 Å². The summed E-state index contributed by atoms with van der Waals surface area (Å²) in [5.74, 6) is -0.784. The van der Waals surface area contributed by atoms with Gasteiger partial charge in [-0.05, 0) is 87.5 Å². The molecule has 6 heterocycles. The number of piperidine rings is 1. The molecule has 332 valence electrons. The van der Waals surface area contributed by atoms with Gasteiger partial charge in [0.05, 0.1) is 16.6 Å². The van der Waals surface area contributed by atoms with E-state index < -0.39 is 29.7 Å². The number of imide groups is 2. The molecule has 1 atom stereocenters. The topological polar surface area (TPSA) is 142 Å². The molecule has 0 bridgehead atoms. The highest BCUT2D eigenvalue weighted by atomic mass is 16.5. The lowest BCUT2D eigenvalue weighted by atomic mass is 9.60. The summed E-state index contributed by atoms with van der Waals surface area (Å²) in [7, 11) is 4.41. The first kappa shape index (κ1) is 41.0. The molecule has 3 aliphatic carbocycles. The second-order valence-corrected chi connectivity index (χ2v) is 19.7. The summed E-state index contributed by atoms with van der Waals surface area (Å²) in [6, 6.07) is 18.8. The third kappa shape index (κ3) is 7.14. The number of rotatable bonds is 13. The Labute approximate surface area is 372 Å². The van der Waals surface area contributed by atoms with Crippen molar-refractivity contribution in [3.63, 3.8) is 0 Å². The molecular formula is C50H56N8O6. The molecule has 3 aromatic heterocycles. The van der Waals surface area contributed by atoms with Gasteiger partial charge in [0.2, 0.25) is 17.7 Å². The lowest BCUT2D eigenvalue weighted by Gasteiger charge is -2.62. The number of carbonyl (C=O) groups excluding carboxylic acids is 4. The number of amides is 4. The van der Waals surface area contributed by atoms with Crippen molar-refractivity contribution < 1.29 is 28.7 Å². The van der Waals surface area contributed by atoms with Gasteiger partial charge in [-0.25, -0.2) is 4.98 Å². The smallest absolute Gasteiger partial charge is 0.262 e. The zero-order chi connectivity index (χ0) is 44.0. The van der Waals surface area contributed by atoms with Crippen LogP contribution >= 0.6 is 0 Å². The molecule has 1 N–H and O–H groups in total. The molecule has 2 saturated heterocycles. The molecule has 4 amide bonds. The van der Waals surface area contributed by atoms with Crippen LogP contribution in [0.3, 0.4) is 0 Å². The summed E-state index contributed by atoms with van der Waals surface area (Å²) < 4.78 is 14.9. The van der Waals surface area contributed by atoms with Crippen LogP contribution in [0.25, 0.3) is 32.9 Å². The summed E-state index contributed by atoms with van der Waals surface area (Å²) in [4.78, 5) is 68.3. The van der Waals surface area contributed by atoms with Gasteiger partial charge in [-0.1, -0.05) is 12.1 Å². The number of pyridine rings is 2. The number of aryl methyl sites for hydroxylation is 1. The number of aromatic nitrogens is 3. The first-order valence-electron chi connectivity index (χ1n) is 23.1. The van der Waals surface area contributed by atoms with E-state index >= 15 is 0 Å². The molecular weight excluding hydrogens is 809 g/mol. The van der Waals surface area contributed by atoms with E-state index in [1.807, 2.05) is 24.7 Å². The van der Waals surface area contributed by atoms with Crippen LogP contribution in [0, 0.1) is 5.41 Å². The van der Waals surface area contributed by atoms with E-state index in [-0.39, 0.29) is 36.2 Å². The molecule has 64 heavy (non-hydrogen) atoms. The summed E-state index contributed by atoms with van der Waals surface area (Å²) in [5, 5.41) is 4.62. The third-order valence-corrected chi connectivity index (χ3v) is 15.4. The predicted molar refractivity (Wildman–Crippen MR) is 241 cm³/mol. The number of fused-ring (bicyclic) bond motifs is 4. The van der Waals surface area contributed by atoms with Crippen LogP contribution in [0.4, 0.5) is 0 Å². The van der Waals surface area contributed by atoms with Crippen LogP contribution in [0.2, 0.25) is 0 Å². The Hall–Kier alpha value is -5.70. The Morgan fingerprint density at radius 2 is 1.56 bits per heavy atom. The van der Waals surface area contributed by atoms with Crippen molar-refractivity contribution in [1.29, 1.82) is 0 Å². The Morgan fingerprint density at radius 3 is 2.31 bits per heavy atom. The molecule has 5 fully saturated rings. The van der Waals surface area contributed by atoms with Crippen LogP contribution in [0.5, 0.6) is 11.6 Å². The maximum atomic E-state index is 13.3. The molecule has 1 spiro atoms. The quantitative estimate of drug-likeness (QED) is 0.143. The van der Waals surface area contributed by atoms with E-state index in [4.69, 9.17) is 14.5 Å². The fourth-order valence-electron chi connectivity index (χ4n) is 11.6. The lowest BCUT2D eigenvalue weighted by Crippen LogP contribution is -2.68. The van der Waals surface area contributed by atoms with Crippen molar-refractivity contribution in [2.24, 2.45) is 12.5 Å². The molecule has 14 heteroatoms. The standard InChI is InChI=1S/C50H56N8O6/c1-29(2)57(33-20-36(21-33)63-35-7-9-39-40(22-35)49(62)58(48(39)61)43-10-11-45(59)53-47(43)60)16-15-56-27-50(28-56)23-34(24-50)54(3)32-18-37(19-32)64-46-12-6-31(25-52-46)30-5-8-38-41-26-51-14-13-42(41)55(4)44(38)17-30/h5-9,12-14,17,22,25-26,29,32-34,36-37,43H,10-11,15-16,18-21,23-24,27-28H2,1-4H3,(H,53,59,60). The van der Waals surface area contributed by atoms with E-state index in [1.165, 1.54) is 47.7 Å². The van der Waals surface area contributed by atoms with Crippen molar-refractivity contribution in [1.82, 2.24) is 39.5 Å². The van der Waals surface area contributed by atoms with Crippen LogP contribution < -0.4 is 14.8 Å². The van der Waals surface area contributed by atoms with Gasteiger partial charge in [0.15, 0.2) is 0 Å². The molecule has 1 unspecified atom stereocenters. The first-order valence-corrected chi connectivity index (χ1v) is 23.1. The molecule has 14 nitrogen and oxygen atoms in total. The predicted octanol–water partition coefficient (Wildman–Crippen LogP) is 5.82. The number of ether oxygens (including phenoxy) is 2. The largest absolute Gasteiger partial charge is 0.490 e. The first-order chi connectivity index (χ1) is 30.9. The summed E-state index contributed by atoms with van der Waals surface area (Å²) in [6.07, 6.45) is 12.6. The Bertz CT molecular complexity index is 2670. The lowest BCUT2D eigenvalue weighted by molar-refractivity contribution is -0.136. The van der Waals surface area contributed by atoms with Gasteiger partial charge < -0.3 is 23.8 Å². The van der Waals surface area contributed by atoms with Gasteiger partial charge in [0.1, 0.15) is 24.0 Å². The average Bonchev–Trinajstić information content (AvgIpc) is 3.65. The highest BCUT2D eigenvalue weighted by molar-refractivity contribution is 6.23. The van der Waals surface area contributed by atoms with Gasteiger partial charge in [-0.15, -0.1) is 0 Å². The molecule has 3 aliphatic heterocycles. The van der Waals surface area contributed by atoms with Crippen LogP contribution in [-0.4, -0.2) is 133 Å². The number of hydrogen-bond donors (Lipinski definition) is 1. The highest BCUT2D eigenvalue weighted by Crippen LogP contribution is 2.51. The van der Waals surface area contributed by atoms with Gasteiger partial charge in [0, 0.05) is 136 Å². The monoisotopic (exact) mass is 864 g/mol. The number of benzene rings is 2. The number of nitrogens with one attached hydrogen (secondary N) is 1. The van der Waals surface area contributed by atoms with Crippen molar-refractivity contribution in [3.8, 4) is 22.8 Å². The van der Waals surface area contributed by atoms with E-state index in [9.17, 15) is 19.2 Å². The van der Waals surface area contributed by atoms with Crippen molar-refractivity contribution in [2.75, 3.05) is 33.2 Å². The average molecular weight is 865 g/mol. The van der Waals surface area contributed by atoms with Crippen LogP contribution in [0.15, 0.2) is 73.2 Å². The second-order valence-electron chi connectivity index (χ2n) is 19.7. The highest BCUT2D eigenvalue weighted by Gasteiger charge is 2.54. The number of likely N-dealkylation sites (tertiary alicyclic amines) is 1. The minimum atomic E-state index is -0.982. The fourth-order valence-corrected chi connectivity index (χ4v) is 11.6. The SMILES string of the molecule is CC(C)N(CCN1CC2(CC(N(C)C3CC(Oc4ccc(-c5ccc6c7cnccc7n(C)c6c5)cn4)C3)C2)C1)C1CC(Oc2ccc3c(c2)C(=O)N(C2CCC(=O)NC2=O)C3=O)C1. The zero-order valence-electron chi connectivity index (χ0n) is 37.0. The van der Waals surface area contributed by atoms with Crippen molar-refractivity contribution in [3.05, 3.63) is 84.3 Å². The number of hydrogen-bond acceptors (Lipinski definition) is 11. The van der Waals surface area contributed by atoms with E-state index in [2.05, 4.69) is 87.8 Å². The summed E-state index contributed by atoms with van der Waals surface area (Å²) >= 11 is 0. The van der Waals surface area contributed by atoms with Gasteiger partial charge >= 0.3 is 0 Å². The summed E-state index contributed by atoms with van der Waals surface area (Å²) in [6.45, 7) is 9.01. The second kappa shape index (κ2) is 15.8. The maximum Gasteiger partial charge on any atom is 0.262 e. The Balaban J connectivity index is 0.597. The molecule has 6 aliphatic rings. The third-order valence-electron chi connectivity index (χ3n) is 15.4. The van der Waals surface area contributed by atoms with Gasteiger partial charge in [-0.3, -0.25) is 39.3 Å². The minimum Gasteiger partial charge on any atom is -0.490 e. The molecule has 0 radical (unpaired) electrons. The Kier molecular flexibility index (Phi) is 10.1. The van der Waals surface area contributed by atoms with E-state index in [0.29, 0.717) is 41.2 Å². The number of carbonyl (C=O) groups is 4.